The molecule has 168 valence electrons. The van der Waals surface area contributed by atoms with Gasteiger partial charge in [-0.3, -0.25) is 4.79 Å². The van der Waals surface area contributed by atoms with E-state index in [9.17, 15) is 4.79 Å². The van der Waals surface area contributed by atoms with Crippen molar-refractivity contribution < 1.29 is 9.53 Å². The van der Waals surface area contributed by atoms with Crippen LogP contribution in [0.4, 0.5) is 28.8 Å². The third-order valence-electron chi connectivity index (χ3n) is 4.99. The Balaban J connectivity index is 0.00000289. The van der Waals surface area contributed by atoms with Crippen molar-refractivity contribution in [1.29, 1.82) is 0 Å². The normalized spacial score (nSPS) is 13.2. The number of rotatable bonds is 6. The maximum atomic E-state index is 11.7. The predicted octanol–water partition coefficient (Wildman–Crippen LogP) is 4.28. The van der Waals surface area contributed by atoms with Crippen LogP contribution in [0.5, 0.6) is 0 Å². The van der Waals surface area contributed by atoms with Gasteiger partial charge in [0.25, 0.3) is 5.91 Å². The number of hydrogen-bond acceptors (Lipinski definition) is 7. The summed E-state index contributed by atoms with van der Waals surface area (Å²) in [6.45, 7) is 5.33. The highest BCUT2D eigenvalue weighted by Gasteiger charge is 2.14. The lowest BCUT2D eigenvalue weighted by Gasteiger charge is -2.30. The van der Waals surface area contributed by atoms with Crippen molar-refractivity contribution in [2.24, 2.45) is 5.73 Å². The van der Waals surface area contributed by atoms with Crippen LogP contribution in [0.25, 0.3) is 0 Å². The summed E-state index contributed by atoms with van der Waals surface area (Å²) in [6, 6.07) is 13.0. The minimum Gasteiger partial charge on any atom is -0.378 e. The number of aryl methyl sites for hydroxylation is 1. The Hall–Kier alpha value is -3.07. The quantitative estimate of drug-likeness (QED) is 0.489. The van der Waals surface area contributed by atoms with Crippen molar-refractivity contribution >= 4 is 58.7 Å². The van der Waals surface area contributed by atoms with Gasteiger partial charge in [0, 0.05) is 24.5 Å². The number of nitrogens with one attached hydrogen (secondary N) is 2. The van der Waals surface area contributed by atoms with Crippen molar-refractivity contribution in [2.75, 3.05) is 41.8 Å². The zero-order valence-electron chi connectivity index (χ0n) is 17.5. The Morgan fingerprint density at radius 2 is 1.91 bits per heavy atom. The van der Waals surface area contributed by atoms with E-state index >= 15 is 0 Å². The summed E-state index contributed by atoms with van der Waals surface area (Å²) >= 11 is 6.27. The van der Waals surface area contributed by atoms with E-state index in [1.54, 1.807) is 24.3 Å². The van der Waals surface area contributed by atoms with Gasteiger partial charge in [0.2, 0.25) is 5.95 Å². The fourth-order valence-corrected chi connectivity index (χ4v) is 3.61. The molecule has 0 aliphatic carbocycles. The van der Waals surface area contributed by atoms with Gasteiger partial charge in [-0.15, -0.1) is 12.4 Å². The smallest absolute Gasteiger partial charge is 0.250 e. The third-order valence-corrected chi connectivity index (χ3v) is 5.27. The molecule has 0 unspecified atom stereocenters. The van der Waals surface area contributed by atoms with Crippen LogP contribution in [0.1, 0.15) is 15.9 Å². The first kappa shape index (κ1) is 23.6. The van der Waals surface area contributed by atoms with Crippen LogP contribution in [0.15, 0.2) is 48.7 Å². The van der Waals surface area contributed by atoms with Gasteiger partial charge in [0.05, 0.1) is 30.7 Å². The summed E-state index contributed by atoms with van der Waals surface area (Å²) in [7, 11) is 0. The number of carbonyl (C=O) groups is 1. The molecule has 1 saturated heterocycles. The van der Waals surface area contributed by atoms with Gasteiger partial charge in [0.1, 0.15) is 5.02 Å². The third kappa shape index (κ3) is 5.40. The minimum atomic E-state index is -0.539. The summed E-state index contributed by atoms with van der Waals surface area (Å²) in [4.78, 5) is 22.7. The molecule has 1 aliphatic rings. The van der Waals surface area contributed by atoms with E-state index in [0.717, 1.165) is 37.6 Å². The summed E-state index contributed by atoms with van der Waals surface area (Å²) in [5.41, 5.74) is 9.52. The second kappa shape index (κ2) is 10.5. The zero-order valence-corrected chi connectivity index (χ0v) is 19.0. The number of benzene rings is 2. The number of carbonyl (C=O) groups excluding carboxylic acids is 1. The topological polar surface area (TPSA) is 105 Å². The molecule has 2 heterocycles. The first-order valence-corrected chi connectivity index (χ1v) is 10.3. The molecule has 1 aliphatic heterocycles. The van der Waals surface area contributed by atoms with Crippen LogP contribution >= 0.6 is 24.0 Å². The van der Waals surface area contributed by atoms with Crippen LogP contribution in [-0.2, 0) is 4.74 Å². The Labute approximate surface area is 197 Å². The molecule has 10 heteroatoms. The number of halogens is 2. The molecule has 4 rings (SSSR count). The summed E-state index contributed by atoms with van der Waals surface area (Å²) in [5, 5.41) is 6.60. The van der Waals surface area contributed by atoms with Crippen molar-refractivity contribution in [3.63, 3.8) is 0 Å². The summed E-state index contributed by atoms with van der Waals surface area (Å²) in [5.74, 6) is 0.207. The number of morpholine rings is 1. The van der Waals surface area contributed by atoms with Crippen molar-refractivity contribution in [2.45, 2.75) is 6.92 Å². The molecule has 0 spiro atoms. The molecule has 1 fully saturated rings. The number of anilines is 5. The molecule has 3 aromatic rings. The van der Waals surface area contributed by atoms with Crippen LogP contribution in [0.2, 0.25) is 5.02 Å². The van der Waals surface area contributed by atoms with Crippen LogP contribution < -0.4 is 21.3 Å². The Kier molecular flexibility index (Phi) is 7.74. The van der Waals surface area contributed by atoms with Gasteiger partial charge < -0.3 is 26.0 Å². The summed E-state index contributed by atoms with van der Waals surface area (Å²) in [6.07, 6.45) is 1.50. The van der Waals surface area contributed by atoms with E-state index in [2.05, 4.69) is 44.6 Å². The Morgan fingerprint density at radius 3 is 2.62 bits per heavy atom. The van der Waals surface area contributed by atoms with E-state index in [1.807, 2.05) is 6.07 Å². The largest absolute Gasteiger partial charge is 0.378 e. The number of ether oxygens (including phenoxy) is 1. The lowest BCUT2D eigenvalue weighted by Crippen LogP contribution is -2.36. The van der Waals surface area contributed by atoms with Crippen LogP contribution in [0, 0.1) is 6.92 Å². The van der Waals surface area contributed by atoms with Crippen molar-refractivity contribution in [3.8, 4) is 0 Å². The standard InChI is InChI=1S/C22H23ClN6O2.ClH/c1-14-12-15(6-7-19(14)29-8-10-31-11-9-29)26-22-25-13-17(23)21(28-22)27-18-5-3-2-4-16(18)20(24)30;/h2-7,12-13H,8-11H2,1H3,(H2,24,30)(H2,25,26,27,28);1H. The highest BCUT2D eigenvalue weighted by Crippen LogP contribution is 2.28. The van der Waals surface area contributed by atoms with E-state index in [4.69, 9.17) is 22.1 Å². The number of nitrogens with zero attached hydrogens (tertiary/aromatic N) is 3. The van der Waals surface area contributed by atoms with Crippen molar-refractivity contribution in [3.05, 3.63) is 64.8 Å². The van der Waals surface area contributed by atoms with Gasteiger partial charge in [-0.25, -0.2) is 4.98 Å². The number of para-hydroxylation sites is 1. The van der Waals surface area contributed by atoms with Gasteiger partial charge in [-0.1, -0.05) is 23.7 Å². The molecular formula is C22H24Cl2N6O2. The number of hydrogen-bond donors (Lipinski definition) is 3. The molecule has 0 atom stereocenters. The SMILES string of the molecule is Cc1cc(Nc2ncc(Cl)c(Nc3ccccc3C(N)=O)n2)ccc1N1CCOCC1.Cl. The molecule has 0 saturated carbocycles. The first-order valence-electron chi connectivity index (χ1n) is 9.90. The fourth-order valence-electron chi connectivity index (χ4n) is 3.47. The Morgan fingerprint density at radius 1 is 1.16 bits per heavy atom. The van der Waals surface area contributed by atoms with Crippen molar-refractivity contribution in [1.82, 2.24) is 9.97 Å². The minimum absolute atomic E-state index is 0. The molecule has 1 aromatic heterocycles. The van der Waals surface area contributed by atoms with Gasteiger partial charge in [-0.2, -0.15) is 4.98 Å². The van der Waals surface area contributed by atoms with Gasteiger partial charge in [-0.05, 0) is 42.8 Å². The number of primary amides is 1. The molecule has 0 bridgehead atoms. The fraction of sp³-hybridized carbons (Fsp3) is 0.227. The average Bonchev–Trinajstić information content (AvgIpc) is 2.77. The molecule has 0 radical (unpaired) electrons. The van der Waals surface area contributed by atoms with Crippen LogP contribution in [-0.4, -0.2) is 42.2 Å². The molecule has 2 aromatic carbocycles. The molecule has 32 heavy (non-hydrogen) atoms. The maximum Gasteiger partial charge on any atom is 0.250 e. The second-order valence-corrected chi connectivity index (χ2v) is 7.56. The first-order chi connectivity index (χ1) is 15.0. The van der Waals surface area contributed by atoms with Gasteiger partial charge in [0.15, 0.2) is 5.82 Å². The Bertz CT molecular complexity index is 1110. The lowest BCUT2D eigenvalue weighted by atomic mass is 10.1. The summed E-state index contributed by atoms with van der Waals surface area (Å²) < 4.78 is 5.43. The van der Waals surface area contributed by atoms with E-state index < -0.39 is 5.91 Å². The lowest BCUT2D eigenvalue weighted by molar-refractivity contribution is 0.100. The molecule has 8 nitrogen and oxygen atoms in total. The number of nitrogens with two attached hydrogens (primary N) is 1. The van der Waals surface area contributed by atoms with Crippen LogP contribution in [0.3, 0.4) is 0 Å². The van der Waals surface area contributed by atoms with E-state index in [1.165, 1.54) is 11.9 Å². The highest BCUT2D eigenvalue weighted by atomic mass is 35.5. The highest BCUT2D eigenvalue weighted by molar-refractivity contribution is 6.33. The molecule has 1 amide bonds. The molecular weight excluding hydrogens is 451 g/mol. The number of aromatic nitrogens is 2. The maximum absolute atomic E-state index is 11.7. The second-order valence-electron chi connectivity index (χ2n) is 7.15. The van der Waals surface area contributed by atoms with Gasteiger partial charge >= 0.3 is 0 Å². The molecule has 4 N–H and O–H groups in total. The monoisotopic (exact) mass is 474 g/mol. The number of amides is 1. The van der Waals surface area contributed by atoms with E-state index in [0.29, 0.717) is 28.0 Å². The zero-order chi connectivity index (χ0) is 21.8. The predicted molar refractivity (Wildman–Crippen MR) is 130 cm³/mol. The average molecular weight is 475 g/mol. The van der Waals surface area contributed by atoms with E-state index in [-0.39, 0.29) is 12.4 Å².